The number of carbonyl (C=O) groups excluding carboxylic acids is 1. The third kappa shape index (κ3) is 7.30. The average Bonchev–Trinajstić information content (AvgIpc) is 3.79. The molecule has 6 rings (SSSR count). The molecule has 2 aliphatic heterocycles. The molecule has 45 heavy (non-hydrogen) atoms. The summed E-state index contributed by atoms with van der Waals surface area (Å²) < 4.78 is 68.1. The Morgan fingerprint density at radius 3 is 1.69 bits per heavy atom. The summed E-state index contributed by atoms with van der Waals surface area (Å²) >= 11 is 8.84. The maximum atomic E-state index is 12.8. The summed E-state index contributed by atoms with van der Waals surface area (Å²) in [6.07, 6.45) is 1.35. The van der Waals surface area contributed by atoms with Crippen LogP contribution in [0.3, 0.4) is 0 Å². The minimum atomic E-state index is -3.70. The van der Waals surface area contributed by atoms with Gasteiger partial charge in [0.1, 0.15) is 31.0 Å². The zero-order chi connectivity index (χ0) is 32.5. The lowest BCUT2D eigenvalue weighted by molar-refractivity contribution is 0.0604. The van der Waals surface area contributed by atoms with Crippen LogP contribution in [0, 0.1) is 0 Å². The average molecular weight is 821 g/mol. The zero-order valence-corrected chi connectivity index (χ0v) is 29.8. The molecule has 0 fully saturated rings. The molecule has 2 aromatic carbocycles. The van der Waals surface area contributed by atoms with Gasteiger partial charge in [-0.25, -0.2) is 26.4 Å². The first-order valence-electron chi connectivity index (χ1n) is 13.1. The van der Waals surface area contributed by atoms with Crippen LogP contribution in [0.15, 0.2) is 65.9 Å². The molecule has 4 heterocycles. The standard InChI is InChI=1S/C15H13BrO5S2.C14H11BrO5S2/c1-20-15(17)14-10(3-5-22-14)8-23(18,19)12-7-11(16)6-9-2-4-21-13(9)12;15-10-5-8-1-3-20-12(8)11(6-10)22(18,19)7-9-2-4-21-13(9)14(16)17/h3,5-7H,2,4,8H2,1H3;2,4-6H,1,3,7H2,(H,16,17). The molecule has 2 aromatic heterocycles. The number of sulfone groups is 2. The van der Waals surface area contributed by atoms with E-state index in [2.05, 4.69) is 31.9 Å². The predicted octanol–water partition coefficient (Wildman–Crippen LogP) is 6.32. The molecule has 0 amide bonds. The fourth-order valence-electron chi connectivity index (χ4n) is 4.86. The number of hydrogen-bond donors (Lipinski definition) is 1. The number of esters is 1. The highest BCUT2D eigenvalue weighted by molar-refractivity contribution is 9.10. The molecule has 0 atom stereocenters. The maximum Gasteiger partial charge on any atom is 0.348 e. The minimum Gasteiger partial charge on any atom is -0.492 e. The second-order valence-electron chi connectivity index (χ2n) is 9.85. The van der Waals surface area contributed by atoms with E-state index in [0.717, 1.165) is 22.5 Å². The Hall–Kier alpha value is -2.76. The number of carboxylic acids is 1. The number of carbonyl (C=O) groups is 2. The van der Waals surface area contributed by atoms with Crippen molar-refractivity contribution in [2.75, 3.05) is 20.3 Å². The van der Waals surface area contributed by atoms with E-state index >= 15 is 0 Å². The van der Waals surface area contributed by atoms with Crippen LogP contribution in [0.1, 0.15) is 41.6 Å². The molecule has 0 unspecified atom stereocenters. The number of carboxylic acid groups (broad SMARTS) is 1. The van der Waals surface area contributed by atoms with Crippen LogP contribution in [0.2, 0.25) is 0 Å². The Morgan fingerprint density at radius 2 is 1.24 bits per heavy atom. The van der Waals surface area contributed by atoms with Crippen molar-refractivity contribution in [3.8, 4) is 11.5 Å². The van der Waals surface area contributed by atoms with Gasteiger partial charge in [0.15, 0.2) is 19.7 Å². The van der Waals surface area contributed by atoms with Crippen molar-refractivity contribution in [1.29, 1.82) is 0 Å². The van der Waals surface area contributed by atoms with Crippen LogP contribution in [-0.4, -0.2) is 54.2 Å². The van der Waals surface area contributed by atoms with Crippen molar-refractivity contribution in [2.45, 2.75) is 34.1 Å². The van der Waals surface area contributed by atoms with E-state index in [-0.39, 0.29) is 26.2 Å². The number of ether oxygens (including phenoxy) is 3. The van der Waals surface area contributed by atoms with Gasteiger partial charge < -0.3 is 19.3 Å². The first-order valence-corrected chi connectivity index (χ1v) is 19.8. The van der Waals surface area contributed by atoms with E-state index in [1.165, 1.54) is 30.6 Å². The van der Waals surface area contributed by atoms with Crippen molar-refractivity contribution >= 4 is 86.1 Å². The molecule has 2 aliphatic rings. The van der Waals surface area contributed by atoms with Crippen molar-refractivity contribution in [3.05, 3.63) is 88.1 Å². The first-order chi connectivity index (χ1) is 21.3. The Morgan fingerprint density at radius 1 is 0.800 bits per heavy atom. The molecular weight excluding hydrogens is 796 g/mol. The van der Waals surface area contributed by atoms with Gasteiger partial charge in [-0.1, -0.05) is 31.9 Å². The number of rotatable bonds is 8. The summed E-state index contributed by atoms with van der Waals surface area (Å²) in [5, 5.41) is 12.4. The smallest absolute Gasteiger partial charge is 0.348 e. The molecule has 1 N–H and O–H groups in total. The van der Waals surface area contributed by atoms with E-state index in [1.54, 1.807) is 22.9 Å². The molecule has 4 aromatic rings. The largest absolute Gasteiger partial charge is 0.492 e. The van der Waals surface area contributed by atoms with Crippen LogP contribution in [0.25, 0.3) is 0 Å². The van der Waals surface area contributed by atoms with Gasteiger partial charge >= 0.3 is 11.9 Å². The second-order valence-corrected chi connectivity index (χ2v) is 17.4. The fraction of sp³-hybridized carbons (Fsp3) is 0.241. The number of benzene rings is 2. The third-order valence-electron chi connectivity index (χ3n) is 6.85. The monoisotopic (exact) mass is 818 g/mol. The maximum absolute atomic E-state index is 12.8. The molecular formula is C29H24Br2O10S4. The summed E-state index contributed by atoms with van der Waals surface area (Å²) in [6, 6.07) is 9.93. The number of halogens is 2. The van der Waals surface area contributed by atoms with Crippen molar-refractivity contribution < 1.29 is 45.7 Å². The van der Waals surface area contributed by atoms with Gasteiger partial charge in [-0.15, -0.1) is 22.7 Å². The van der Waals surface area contributed by atoms with Crippen LogP contribution in [-0.2, 0) is 48.8 Å². The Labute approximate surface area is 284 Å². The topological polar surface area (TPSA) is 150 Å². The number of fused-ring (bicyclic) bond motifs is 2. The Balaban J connectivity index is 0.000000178. The zero-order valence-electron chi connectivity index (χ0n) is 23.4. The number of methoxy groups -OCH3 is 1. The molecule has 0 aliphatic carbocycles. The fourth-order valence-corrected chi connectivity index (χ4v) is 11.1. The number of hydrogen-bond acceptors (Lipinski definition) is 11. The van der Waals surface area contributed by atoms with Crippen molar-refractivity contribution in [2.24, 2.45) is 0 Å². The normalized spacial score (nSPS) is 13.6. The molecule has 0 bridgehead atoms. The summed E-state index contributed by atoms with van der Waals surface area (Å²) in [5.74, 6) is -1.47. The van der Waals surface area contributed by atoms with E-state index in [0.29, 0.717) is 62.5 Å². The molecule has 0 saturated carbocycles. The van der Waals surface area contributed by atoms with Gasteiger partial charge in [-0.05, 0) is 69.4 Å². The minimum absolute atomic E-state index is 0.0520. The van der Waals surface area contributed by atoms with Gasteiger partial charge in [0.25, 0.3) is 0 Å². The Bertz CT molecular complexity index is 2010. The summed E-state index contributed by atoms with van der Waals surface area (Å²) in [7, 11) is -6.08. The lowest BCUT2D eigenvalue weighted by Crippen LogP contribution is -2.10. The van der Waals surface area contributed by atoms with Gasteiger partial charge in [0, 0.05) is 21.8 Å². The molecule has 0 saturated heterocycles. The second kappa shape index (κ2) is 13.5. The molecule has 16 heteroatoms. The van der Waals surface area contributed by atoms with Crippen LogP contribution in [0.5, 0.6) is 11.5 Å². The van der Waals surface area contributed by atoms with Crippen molar-refractivity contribution in [1.82, 2.24) is 0 Å². The molecule has 238 valence electrons. The highest BCUT2D eigenvalue weighted by Crippen LogP contribution is 2.39. The molecule has 0 spiro atoms. The number of thiophene rings is 2. The van der Waals surface area contributed by atoms with Crippen LogP contribution >= 0.6 is 54.5 Å². The lowest BCUT2D eigenvalue weighted by atomic mass is 10.2. The first kappa shape index (κ1) is 33.6. The van der Waals surface area contributed by atoms with Gasteiger partial charge in [0.05, 0.1) is 31.8 Å². The van der Waals surface area contributed by atoms with Crippen LogP contribution < -0.4 is 9.47 Å². The van der Waals surface area contributed by atoms with Gasteiger partial charge in [-0.2, -0.15) is 0 Å². The summed E-state index contributed by atoms with van der Waals surface area (Å²) in [6.45, 7) is 0.924. The number of aromatic carboxylic acids is 1. The quantitative estimate of drug-likeness (QED) is 0.200. The van der Waals surface area contributed by atoms with E-state index in [4.69, 9.17) is 19.3 Å². The lowest BCUT2D eigenvalue weighted by Gasteiger charge is -2.10. The van der Waals surface area contributed by atoms with Crippen molar-refractivity contribution in [3.63, 3.8) is 0 Å². The molecule has 0 radical (unpaired) electrons. The highest BCUT2D eigenvalue weighted by Gasteiger charge is 2.30. The van der Waals surface area contributed by atoms with E-state index in [1.807, 2.05) is 12.1 Å². The Kier molecular flexibility index (Phi) is 10.1. The SMILES string of the molecule is COC(=O)c1sccc1CS(=O)(=O)c1cc(Br)cc2c1OCC2.O=C(O)c1sccc1CS(=O)(=O)c1cc(Br)cc2c1OCC2. The highest BCUT2D eigenvalue weighted by atomic mass is 79.9. The van der Waals surface area contributed by atoms with E-state index < -0.39 is 31.6 Å². The summed E-state index contributed by atoms with van der Waals surface area (Å²) in [4.78, 5) is 23.5. The third-order valence-corrected chi connectivity index (χ3v) is 13.0. The summed E-state index contributed by atoms with van der Waals surface area (Å²) in [5.41, 5.74) is 2.45. The molecule has 10 nitrogen and oxygen atoms in total. The van der Waals surface area contributed by atoms with E-state index in [9.17, 15) is 26.4 Å². The van der Waals surface area contributed by atoms with Gasteiger partial charge in [0.2, 0.25) is 0 Å². The van der Waals surface area contributed by atoms with Crippen LogP contribution in [0.4, 0.5) is 0 Å². The predicted molar refractivity (Wildman–Crippen MR) is 175 cm³/mol. The van der Waals surface area contributed by atoms with Gasteiger partial charge in [-0.3, -0.25) is 0 Å².